The van der Waals surface area contributed by atoms with Crippen LogP contribution >= 0.6 is 23.2 Å². The Kier molecular flexibility index (Phi) is 5.08. The van der Waals surface area contributed by atoms with E-state index in [2.05, 4.69) is 4.98 Å². The minimum atomic E-state index is -0.813. The third kappa shape index (κ3) is 2.95. The first-order valence-corrected chi connectivity index (χ1v) is 3.77. The van der Waals surface area contributed by atoms with Gasteiger partial charge < -0.3 is 0 Å². The van der Waals surface area contributed by atoms with Crippen molar-refractivity contribution < 1.29 is 28.3 Å². The molecular formula is C6H2Cl2N2O3V. The van der Waals surface area contributed by atoms with Gasteiger partial charge in [-0.05, 0) is 11.6 Å². The fourth-order valence-corrected chi connectivity index (χ4v) is 0.948. The van der Waals surface area contributed by atoms with Crippen LogP contribution in [0, 0.1) is 10.1 Å². The molecule has 1 aromatic rings. The van der Waals surface area contributed by atoms with Crippen LogP contribution in [0.3, 0.4) is 0 Å². The number of halogens is 2. The first-order chi connectivity index (χ1) is 6.02. The van der Waals surface area contributed by atoms with E-state index in [1.807, 2.05) is 0 Å². The molecule has 0 aliphatic carbocycles. The van der Waals surface area contributed by atoms with E-state index in [1.54, 1.807) is 0 Å². The Labute approximate surface area is 100 Å². The minimum absolute atomic E-state index is 0. The van der Waals surface area contributed by atoms with Gasteiger partial charge in [0, 0.05) is 30.8 Å². The molecule has 14 heavy (non-hydrogen) atoms. The zero-order chi connectivity index (χ0) is 10.0. The van der Waals surface area contributed by atoms with Crippen molar-refractivity contribution in [2.45, 2.75) is 0 Å². The van der Waals surface area contributed by atoms with Crippen LogP contribution in [0.4, 0.5) is 5.69 Å². The summed E-state index contributed by atoms with van der Waals surface area (Å²) in [7, 11) is 0. The number of hydrogen-bond donors (Lipinski definition) is 0. The standard InChI is InChI=1S/C6H2Cl2N2O3.V/c7-5-4(10(12)13)1-3(2-9-5)6(8)11;/h1-2H;. The Bertz CT molecular complexity index is 385. The topological polar surface area (TPSA) is 73.1 Å². The monoisotopic (exact) mass is 271 g/mol. The zero-order valence-corrected chi connectivity index (χ0v) is 9.39. The van der Waals surface area contributed by atoms with Gasteiger partial charge in [-0.25, -0.2) is 4.98 Å². The van der Waals surface area contributed by atoms with E-state index in [4.69, 9.17) is 23.2 Å². The van der Waals surface area contributed by atoms with Gasteiger partial charge in [0.1, 0.15) is 0 Å². The summed E-state index contributed by atoms with van der Waals surface area (Å²) in [4.78, 5) is 23.6. The van der Waals surface area contributed by atoms with E-state index < -0.39 is 15.9 Å². The van der Waals surface area contributed by atoms with Gasteiger partial charge in [-0.15, -0.1) is 0 Å². The van der Waals surface area contributed by atoms with Crippen molar-refractivity contribution in [3.63, 3.8) is 0 Å². The summed E-state index contributed by atoms with van der Waals surface area (Å²) < 4.78 is 0. The molecule has 1 radical (unpaired) electrons. The number of carbonyl (C=O) groups excluding carboxylic acids is 1. The molecular weight excluding hydrogens is 270 g/mol. The van der Waals surface area contributed by atoms with Gasteiger partial charge in [-0.3, -0.25) is 14.9 Å². The van der Waals surface area contributed by atoms with Crippen LogP contribution in [0.2, 0.25) is 5.15 Å². The molecule has 0 unspecified atom stereocenters. The van der Waals surface area contributed by atoms with E-state index in [-0.39, 0.29) is 29.3 Å². The molecule has 0 saturated heterocycles. The van der Waals surface area contributed by atoms with Crippen LogP contribution in [-0.4, -0.2) is 15.1 Å². The Morgan fingerprint density at radius 3 is 2.57 bits per heavy atom. The van der Waals surface area contributed by atoms with E-state index in [0.29, 0.717) is 0 Å². The van der Waals surface area contributed by atoms with Crippen molar-refractivity contribution in [2.75, 3.05) is 0 Å². The van der Waals surface area contributed by atoms with Crippen LogP contribution in [0.5, 0.6) is 0 Å². The summed E-state index contributed by atoms with van der Waals surface area (Å²) in [6.45, 7) is 0. The van der Waals surface area contributed by atoms with Gasteiger partial charge in [0.2, 0.25) is 5.15 Å². The molecule has 0 aliphatic rings. The molecule has 0 bridgehead atoms. The van der Waals surface area contributed by atoms with Crippen LogP contribution in [0.1, 0.15) is 10.4 Å². The Balaban J connectivity index is 0.00000169. The molecule has 1 aromatic heterocycles. The molecule has 1 heterocycles. The zero-order valence-electron chi connectivity index (χ0n) is 6.48. The molecule has 0 fully saturated rings. The van der Waals surface area contributed by atoms with Gasteiger partial charge in [0.05, 0.1) is 10.5 Å². The second kappa shape index (κ2) is 5.31. The second-order valence-electron chi connectivity index (χ2n) is 2.06. The molecule has 0 atom stereocenters. The fourth-order valence-electron chi connectivity index (χ4n) is 0.672. The summed E-state index contributed by atoms with van der Waals surface area (Å²) in [6, 6.07) is 0.977. The molecule has 5 nitrogen and oxygen atoms in total. The quantitative estimate of drug-likeness (QED) is 0.357. The van der Waals surface area contributed by atoms with Crippen molar-refractivity contribution in [1.82, 2.24) is 4.98 Å². The number of hydrogen-bond acceptors (Lipinski definition) is 4. The average molecular weight is 272 g/mol. The predicted octanol–water partition coefficient (Wildman–Crippen LogP) is 2.02. The van der Waals surface area contributed by atoms with Gasteiger partial charge in [-0.2, -0.15) is 0 Å². The average Bonchev–Trinajstić information content (AvgIpc) is 2.04. The van der Waals surface area contributed by atoms with E-state index in [9.17, 15) is 14.9 Å². The summed E-state index contributed by atoms with van der Waals surface area (Å²) in [5.41, 5.74) is -0.495. The van der Waals surface area contributed by atoms with Crippen LogP contribution in [-0.2, 0) is 18.6 Å². The normalized spacial score (nSPS) is 9.00. The number of aromatic nitrogens is 1. The molecule has 0 aliphatic heterocycles. The molecule has 73 valence electrons. The minimum Gasteiger partial charge on any atom is -0.276 e. The summed E-state index contributed by atoms with van der Waals surface area (Å²) in [5.74, 6) is 0. The van der Waals surface area contributed by atoms with Crippen molar-refractivity contribution in [2.24, 2.45) is 0 Å². The molecule has 0 saturated carbocycles. The van der Waals surface area contributed by atoms with Crippen LogP contribution in [0.15, 0.2) is 12.3 Å². The fraction of sp³-hybridized carbons (Fsp3) is 0. The maximum absolute atomic E-state index is 10.6. The van der Waals surface area contributed by atoms with Gasteiger partial charge >= 0.3 is 5.69 Å². The third-order valence-electron chi connectivity index (χ3n) is 1.24. The van der Waals surface area contributed by atoms with E-state index >= 15 is 0 Å². The molecule has 0 N–H and O–H groups in total. The summed E-state index contributed by atoms with van der Waals surface area (Å²) >= 11 is 10.5. The Hall–Kier alpha value is -0.616. The first-order valence-electron chi connectivity index (χ1n) is 3.02. The molecule has 0 amide bonds. The van der Waals surface area contributed by atoms with E-state index in [1.165, 1.54) is 0 Å². The number of rotatable bonds is 2. The molecule has 0 aromatic carbocycles. The SMILES string of the molecule is O=C(Cl)c1cnc(Cl)c([N+](=O)[O-])c1.[V]. The number of carbonyl (C=O) groups is 1. The Morgan fingerprint density at radius 2 is 2.14 bits per heavy atom. The maximum atomic E-state index is 10.6. The number of pyridine rings is 1. The van der Waals surface area contributed by atoms with Crippen molar-refractivity contribution >= 4 is 34.1 Å². The number of nitrogens with zero attached hydrogens (tertiary/aromatic N) is 2. The summed E-state index contributed by atoms with van der Waals surface area (Å²) in [6.07, 6.45) is 1.07. The van der Waals surface area contributed by atoms with E-state index in [0.717, 1.165) is 12.3 Å². The van der Waals surface area contributed by atoms with Crippen LogP contribution in [0.25, 0.3) is 0 Å². The molecule has 8 heteroatoms. The van der Waals surface area contributed by atoms with Gasteiger partial charge in [-0.1, -0.05) is 11.6 Å². The van der Waals surface area contributed by atoms with Gasteiger partial charge in [0.15, 0.2) is 0 Å². The predicted molar refractivity (Wildman–Crippen MR) is 46.1 cm³/mol. The van der Waals surface area contributed by atoms with Crippen molar-refractivity contribution in [1.29, 1.82) is 0 Å². The van der Waals surface area contributed by atoms with Crippen LogP contribution < -0.4 is 0 Å². The third-order valence-corrected chi connectivity index (χ3v) is 1.75. The smallest absolute Gasteiger partial charge is 0.276 e. The van der Waals surface area contributed by atoms with Gasteiger partial charge in [0.25, 0.3) is 5.24 Å². The Morgan fingerprint density at radius 1 is 1.57 bits per heavy atom. The summed E-state index contributed by atoms with van der Waals surface area (Å²) in [5, 5.41) is 9.24. The second-order valence-corrected chi connectivity index (χ2v) is 2.77. The molecule has 1 rings (SSSR count). The maximum Gasteiger partial charge on any atom is 0.307 e. The van der Waals surface area contributed by atoms with Crippen molar-refractivity contribution in [3.8, 4) is 0 Å². The molecule has 0 spiro atoms. The number of nitro groups is 1. The first kappa shape index (κ1) is 13.4. The largest absolute Gasteiger partial charge is 0.307 e. The van der Waals surface area contributed by atoms with Crippen molar-refractivity contribution in [3.05, 3.63) is 33.1 Å².